The monoisotopic (exact) mass is 283 g/mol. The number of nitrogens with one attached hydrogen (secondary N) is 1. The van der Waals surface area contributed by atoms with Crippen LogP contribution >= 0.6 is 0 Å². The number of nitrogens with zero attached hydrogens (tertiary/aromatic N) is 2. The van der Waals surface area contributed by atoms with Gasteiger partial charge >= 0.3 is 6.03 Å². The lowest BCUT2D eigenvalue weighted by molar-refractivity contribution is -0.139. The number of rotatable bonds is 6. The summed E-state index contributed by atoms with van der Waals surface area (Å²) in [5.41, 5.74) is 0. The van der Waals surface area contributed by atoms with Crippen molar-refractivity contribution in [2.45, 2.75) is 65.6 Å². The average molecular weight is 283 g/mol. The van der Waals surface area contributed by atoms with Gasteiger partial charge in [0.05, 0.1) is 0 Å². The fraction of sp³-hybridized carbons (Fsp3) is 0.786. The minimum atomic E-state index is -0.480. The van der Waals surface area contributed by atoms with Crippen molar-refractivity contribution < 1.29 is 14.4 Å². The number of amides is 4. The minimum Gasteiger partial charge on any atom is -0.336 e. The largest absolute Gasteiger partial charge is 0.336 e. The molecular formula is C14H25N3O3. The summed E-state index contributed by atoms with van der Waals surface area (Å²) in [4.78, 5) is 38.9. The number of urea groups is 1. The third-order valence-corrected chi connectivity index (χ3v) is 3.38. The standard InChI is InChI=1S/C14H25N3O3/c1-6-7-11-13(19)16(14(20)15-11)8-12(18)17(9(2)3)10(4)5/h9-11H,6-8H2,1-5H3,(H,15,20)/t11-/m0/s1. The van der Waals surface area contributed by atoms with E-state index in [1.54, 1.807) is 4.90 Å². The van der Waals surface area contributed by atoms with E-state index in [0.717, 1.165) is 11.3 Å². The summed E-state index contributed by atoms with van der Waals surface area (Å²) in [6.45, 7) is 9.45. The molecule has 4 amide bonds. The van der Waals surface area contributed by atoms with Gasteiger partial charge in [0, 0.05) is 12.1 Å². The summed E-state index contributed by atoms with van der Waals surface area (Å²) in [6.07, 6.45) is 1.41. The SMILES string of the molecule is CCC[C@@H]1NC(=O)N(CC(=O)N(C(C)C)C(C)C)C1=O. The molecule has 1 fully saturated rings. The topological polar surface area (TPSA) is 69.7 Å². The lowest BCUT2D eigenvalue weighted by atomic mass is 10.1. The van der Waals surface area contributed by atoms with Crippen LogP contribution in [0.15, 0.2) is 0 Å². The van der Waals surface area contributed by atoms with E-state index < -0.39 is 12.1 Å². The van der Waals surface area contributed by atoms with Crippen molar-refractivity contribution in [3.05, 3.63) is 0 Å². The second-order valence-corrected chi connectivity index (χ2v) is 5.70. The van der Waals surface area contributed by atoms with E-state index in [2.05, 4.69) is 5.32 Å². The Balaban J connectivity index is 2.75. The zero-order valence-corrected chi connectivity index (χ0v) is 13.0. The third-order valence-electron chi connectivity index (χ3n) is 3.38. The highest BCUT2D eigenvalue weighted by Crippen LogP contribution is 2.13. The lowest BCUT2D eigenvalue weighted by Gasteiger charge is -2.31. The van der Waals surface area contributed by atoms with Crippen LogP contribution in [0.2, 0.25) is 0 Å². The summed E-state index contributed by atoms with van der Waals surface area (Å²) in [7, 11) is 0. The molecule has 0 spiro atoms. The Hall–Kier alpha value is -1.59. The summed E-state index contributed by atoms with van der Waals surface area (Å²) in [6, 6.07) is -0.870. The van der Waals surface area contributed by atoms with Gasteiger partial charge in [-0.1, -0.05) is 13.3 Å². The second kappa shape index (κ2) is 6.72. The van der Waals surface area contributed by atoms with Gasteiger partial charge in [0.1, 0.15) is 12.6 Å². The van der Waals surface area contributed by atoms with Gasteiger partial charge in [0.25, 0.3) is 5.91 Å². The molecule has 0 radical (unpaired) electrons. The number of hydrogen-bond acceptors (Lipinski definition) is 3. The normalized spacial score (nSPS) is 18.9. The molecule has 0 bridgehead atoms. The number of carbonyl (C=O) groups excluding carboxylic acids is 3. The first-order valence-electron chi connectivity index (χ1n) is 7.22. The first kappa shape index (κ1) is 16.5. The molecule has 1 aliphatic rings. The molecule has 0 aromatic rings. The maximum absolute atomic E-state index is 12.3. The highest BCUT2D eigenvalue weighted by molar-refractivity contribution is 6.06. The molecule has 6 nitrogen and oxygen atoms in total. The Morgan fingerprint density at radius 1 is 1.25 bits per heavy atom. The van der Waals surface area contributed by atoms with E-state index >= 15 is 0 Å². The van der Waals surface area contributed by atoms with Gasteiger partial charge in [-0.2, -0.15) is 0 Å². The molecule has 0 unspecified atom stereocenters. The Labute approximate surface area is 120 Å². The third kappa shape index (κ3) is 3.49. The number of hydrogen-bond donors (Lipinski definition) is 1. The second-order valence-electron chi connectivity index (χ2n) is 5.70. The lowest BCUT2D eigenvalue weighted by Crippen LogP contribution is -2.48. The minimum absolute atomic E-state index is 0.0368. The quantitative estimate of drug-likeness (QED) is 0.748. The maximum Gasteiger partial charge on any atom is 0.325 e. The van der Waals surface area contributed by atoms with Crippen LogP contribution in [0.1, 0.15) is 47.5 Å². The zero-order valence-electron chi connectivity index (χ0n) is 13.0. The van der Waals surface area contributed by atoms with Gasteiger partial charge in [-0.25, -0.2) is 4.79 Å². The van der Waals surface area contributed by atoms with Crippen LogP contribution < -0.4 is 5.32 Å². The van der Waals surface area contributed by atoms with Gasteiger partial charge in [0.15, 0.2) is 0 Å². The predicted molar refractivity (Wildman–Crippen MR) is 76.1 cm³/mol. The summed E-state index contributed by atoms with van der Waals surface area (Å²) in [5, 5.41) is 2.62. The highest BCUT2D eigenvalue weighted by atomic mass is 16.2. The van der Waals surface area contributed by atoms with Crippen molar-refractivity contribution in [1.82, 2.24) is 15.1 Å². The van der Waals surface area contributed by atoms with Crippen LogP contribution in [-0.2, 0) is 9.59 Å². The summed E-state index contributed by atoms with van der Waals surface area (Å²) in [5.74, 6) is -0.492. The maximum atomic E-state index is 12.3. The first-order chi connectivity index (χ1) is 9.29. The molecule has 0 aromatic carbocycles. The van der Waals surface area contributed by atoms with Gasteiger partial charge in [0.2, 0.25) is 5.91 Å². The Morgan fingerprint density at radius 3 is 2.25 bits per heavy atom. The van der Waals surface area contributed by atoms with Crippen molar-refractivity contribution in [1.29, 1.82) is 0 Å². The predicted octanol–water partition coefficient (Wildman–Crippen LogP) is 1.35. The fourth-order valence-corrected chi connectivity index (χ4v) is 2.60. The first-order valence-corrected chi connectivity index (χ1v) is 7.22. The Kier molecular flexibility index (Phi) is 5.53. The van der Waals surface area contributed by atoms with Crippen LogP contribution in [0.3, 0.4) is 0 Å². The molecule has 20 heavy (non-hydrogen) atoms. The number of imide groups is 1. The van der Waals surface area contributed by atoms with E-state index in [0.29, 0.717) is 6.42 Å². The van der Waals surface area contributed by atoms with E-state index in [9.17, 15) is 14.4 Å². The molecule has 1 N–H and O–H groups in total. The molecule has 0 saturated carbocycles. The van der Waals surface area contributed by atoms with Gasteiger partial charge in [-0.05, 0) is 34.1 Å². The number of carbonyl (C=O) groups is 3. The molecule has 1 rings (SSSR count). The van der Waals surface area contributed by atoms with Crippen LogP contribution in [0, 0.1) is 0 Å². The van der Waals surface area contributed by atoms with E-state index in [1.165, 1.54) is 0 Å². The summed E-state index contributed by atoms with van der Waals surface area (Å²) >= 11 is 0. The zero-order chi connectivity index (χ0) is 15.4. The van der Waals surface area contributed by atoms with Crippen LogP contribution in [0.5, 0.6) is 0 Å². The van der Waals surface area contributed by atoms with Crippen molar-refractivity contribution in [2.24, 2.45) is 0 Å². The molecule has 0 aromatic heterocycles. The molecule has 1 atom stereocenters. The van der Waals surface area contributed by atoms with Crippen LogP contribution in [-0.4, -0.2) is 52.3 Å². The molecule has 1 saturated heterocycles. The summed E-state index contributed by atoms with van der Waals surface area (Å²) < 4.78 is 0. The average Bonchev–Trinajstić information content (AvgIpc) is 2.56. The Morgan fingerprint density at radius 2 is 1.80 bits per heavy atom. The van der Waals surface area contributed by atoms with E-state index in [1.807, 2.05) is 34.6 Å². The van der Waals surface area contributed by atoms with Crippen LogP contribution in [0.4, 0.5) is 4.79 Å². The molecule has 0 aliphatic carbocycles. The van der Waals surface area contributed by atoms with E-state index in [-0.39, 0.29) is 30.4 Å². The molecule has 6 heteroatoms. The van der Waals surface area contributed by atoms with Gasteiger partial charge in [-0.15, -0.1) is 0 Å². The van der Waals surface area contributed by atoms with Gasteiger partial charge in [-0.3, -0.25) is 14.5 Å². The van der Waals surface area contributed by atoms with Gasteiger partial charge < -0.3 is 10.2 Å². The van der Waals surface area contributed by atoms with Crippen molar-refractivity contribution in [3.8, 4) is 0 Å². The molecular weight excluding hydrogens is 258 g/mol. The van der Waals surface area contributed by atoms with Crippen LogP contribution in [0.25, 0.3) is 0 Å². The van der Waals surface area contributed by atoms with Crippen molar-refractivity contribution >= 4 is 17.8 Å². The fourth-order valence-electron chi connectivity index (χ4n) is 2.60. The van der Waals surface area contributed by atoms with Crippen molar-refractivity contribution in [2.75, 3.05) is 6.54 Å². The molecule has 1 heterocycles. The van der Waals surface area contributed by atoms with Crippen molar-refractivity contribution in [3.63, 3.8) is 0 Å². The highest BCUT2D eigenvalue weighted by Gasteiger charge is 2.39. The molecule has 114 valence electrons. The molecule has 1 aliphatic heterocycles. The Bertz CT molecular complexity index is 385. The smallest absolute Gasteiger partial charge is 0.325 e. The van der Waals surface area contributed by atoms with E-state index in [4.69, 9.17) is 0 Å².